The molecular formula is C45H87NO5S. The number of hydrogen-bond donors (Lipinski definition) is 3. The first-order valence-electron chi connectivity index (χ1n) is 22.5. The maximum absolute atomic E-state index is 12.5. The Morgan fingerprint density at radius 2 is 0.865 bits per heavy atom. The smallest absolute Gasteiger partial charge is 0.266 e. The van der Waals surface area contributed by atoms with Gasteiger partial charge in [-0.15, -0.1) is 0 Å². The SMILES string of the molecule is CCCCCC/C=C\C/C=C\CCCCCCCC(=O)NC(CS(=O)(=O)O)C(O)CCCCCCCCCCCCCCCCCCCCCCC. The Kier molecular flexibility index (Phi) is 38.6. The van der Waals surface area contributed by atoms with Crippen LogP contribution in [0, 0.1) is 0 Å². The van der Waals surface area contributed by atoms with Crippen LogP contribution < -0.4 is 5.32 Å². The van der Waals surface area contributed by atoms with Gasteiger partial charge >= 0.3 is 0 Å². The second-order valence-corrected chi connectivity index (χ2v) is 17.2. The van der Waals surface area contributed by atoms with E-state index in [0.29, 0.717) is 12.8 Å². The average molecular weight is 754 g/mol. The third-order valence-electron chi connectivity index (χ3n) is 10.4. The van der Waals surface area contributed by atoms with Gasteiger partial charge in [0.1, 0.15) is 0 Å². The van der Waals surface area contributed by atoms with Gasteiger partial charge in [0.25, 0.3) is 10.1 Å². The maximum Gasteiger partial charge on any atom is 0.266 e. The van der Waals surface area contributed by atoms with E-state index in [1.165, 1.54) is 148 Å². The molecule has 0 radical (unpaired) electrons. The van der Waals surface area contributed by atoms with E-state index in [1.54, 1.807) is 0 Å². The van der Waals surface area contributed by atoms with Crippen LogP contribution in [-0.2, 0) is 14.9 Å². The van der Waals surface area contributed by atoms with Gasteiger partial charge < -0.3 is 10.4 Å². The van der Waals surface area contributed by atoms with E-state index in [2.05, 4.69) is 43.5 Å². The summed E-state index contributed by atoms with van der Waals surface area (Å²) in [6.45, 7) is 4.52. The number of carbonyl (C=O) groups excluding carboxylic acids is 1. The van der Waals surface area contributed by atoms with E-state index in [0.717, 1.165) is 64.2 Å². The highest BCUT2D eigenvalue weighted by molar-refractivity contribution is 7.85. The Hall–Kier alpha value is -1.18. The zero-order valence-corrected chi connectivity index (χ0v) is 35.3. The fourth-order valence-electron chi connectivity index (χ4n) is 7.02. The zero-order valence-electron chi connectivity index (χ0n) is 34.4. The van der Waals surface area contributed by atoms with Crippen LogP contribution in [0.5, 0.6) is 0 Å². The fraction of sp³-hybridized carbons (Fsp3) is 0.889. The summed E-state index contributed by atoms with van der Waals surface area (Å²) < 4.78 is 32.6. The Bertz CT molecular complexity index is 919. The lowest BCUT2D eigenvalue weighted by Crippen LogP contribution is -2.47. The number of aliphatic hydroxyl groups excluding tert-OH is 1. The van der Waals surface area contributed by atoms with Crippen LogP contribution in [0.3, 0.4) is 0 Å². The first kappa shape index (κ1) is 50.8. The van der Waals surface area contributed by atoms with E-state index < -0.39 is 28.0 Å². The van der Waals surface area contributed by atoms with Crippen molar-refractivity contribution >= 4 is 16.0 Å². The summed E-state index contributed by atoms with van der Waals surface area (Å²) in [4.78, 5) is 12.5. The van der Waals surface area contributed by atoms with Crippen molar-refractivity contribution in [2.75, 3.05) is 5.75 Å². The number of aliphatic hydroxyl groups is 1. The van der Waals surface area contributed by atoms with Gasteiger partial charge in [-0.3, -0.25) is 9.35 Å². The third kappa shape index (κ3) is 40.0. The van der Waals surface area contributed by atoms with Gasteiger partial charge in [-0.25, -0.2) is 0 Å². The molecule has 2 unspecified atom stereocenters. The topological polar surface area (TPSA) is 104 Å². The Labute approximate surface area is 324 Å². The molecule has 0 rings (SSSR count). The molecule has 308 valence electrons. The van der Waals surface area contributed by atoms with Crippen LogP contribution in [0.25, 0.3) is 0 Å². The van der Waals surface area contributed by atoms with E-state index in [9.17, 15) is 22.9 Å². The molecule has 0 aromatic heterocycles. The van der Waals surface area contributed by atoms with Crippen LogP contribution >= 0.6 is 0 Å². The quantitative estimate of drug-likeness (QED) is 0.0328. The lowest BCUT2D eigenvalue weighted by molar-refractivity contribution is -0.122. The highest BCUT2D eigenvalue weighted by atomic mass is 32.2. The molecule has 0 aliphatic rings. The van der Waals surface area contributed by atoms with E-state index in [1.807, 2.05) is 0 Å². The average Bonchev–Trinajstić information content (AvgIpc) is 3.11. The number of hydrogen-bond acceptors (Lipinski definition) is 4. The number of rotatable bonds is 41. The Morgan fingerprint density at radius 1 is 0.519 bits per heavy atom. The van der Waals surface area contributed by atoms with Gasteiger partial charge in [-0.1, -0.05) is 212 Å². The standard InChI is InChI=1S/C45H87NO5S/c1-3-5-7-9-11-13-15-17-19-21-22-23-24-25-26-28-30-32-34-36-38-40-44(47)43(42-52(49,50)51)46-45(48)41-39-37-35-33-31-29-27-20-18-16-14-12-10-8-6-4-2/h14,16,20,27,43-44,47H,3-13,15,17-19,21-26,28-42H2,1-2H3,(H,46,48)(H,49,50,51)/b16-14-,27-20-. The van der Waals surface area contributed by atoms with E-state index in [-0.39, 0.29) is 5.91 Å². The van der Waals surface area contributed by atoms with Crippen molar-refractivity contribution in [1.29, 1.82) is 0 Å². The summed E-state index contributed by atoms with van der Waals surface area (Å²) in [7, 11) is -4.31. The summed E-state index contributed by atoms with van der Waals surface area (Å²) >= 11 is 0. The minimum Gasteiger partial charge on any atom is -0.391 e. The first-order chi connectivity index (χ1) is 25.3. The fourth-order valence-corrected chi connectivity index (χ4v) is 7.77. The molecule has 0 aromatic carbocycles. The first-order valence-corrected chi connectivity index (χ1v) is 24.1. The number of nitrogens with one attached hydrogen (secondary N) is 1. The second-order valence-electron chi connectivity index (χ2n) is 15.7. The predicted molar refractivity (Wildman–Crippen MR) is 226 cm³/mol. The molecule has 0 aliphatic carbocycles. The minimum atomic E-state index is -4.31. The van der Waals surface area contributed by atoms with Crippen molar-refractivity contribution in [3.05, 3.63) is 24.3 Å². The lowest BCUT2D eigenvalue weighted by atomic mass is 10.0. The number of unbranched alkanes of at least 4 members (excludes halogenated alkanes) is 29. The Morgan fingerprint density at radius 3 is 1.27 bits per heavy atom. The van der Waals surface area contributed by atoms with Gasteiger partial charge in [0.2, 0.25) is 5.91 Å². The number of carbonyl (C=O) groups is 1. The molecule has 0 saturated carbocycles. The lowest BCUT2D eigenvalue weighted by Gasteiger charge is -2.23. The second kappa shape index (κ2) is 39.5. The van der Waals surface area contributed by atoms with Gasteiger partial charge in [-0.2, -0.15) is 8.42 Å². The molecular weight excluding hydrogens is 667 g/mol. The van der Waals surface area contributed by atoms with Gasteiger partial charge in [0, 0.05) is 6.42 Å². The summed E-state index contributed by atoms with van der Waals surface area (Å²) in [6, 6.07) is -0.977. The molecule has 0 saturated heterocycles. The predicted octanol–water partition coefficient (Wildman–Crippen LogP) is 13.5. The van der Waals surface area contributed by atoms with Crippen LogP contribution in [0.1, 0.15) is 239 Å². The van der Waals surface area contributed by atoms with Crippen molar-refractivity contribution in [2.45, 2.75) is 251 Å². The number of amides is 1. The Balaban J connectivity index is 3.81. The van der Waals surface area contributed by atoms with Crippen LogP contribution in [-0.4, -0.2) is 41.9 Å². The molecule has 0 heterocycles. The molecule has 3 N–H and O–H groups in total. The monoisotopic (exact) mass is 754 g/mol. The highest BCUT2D eigenvalue weighted by Gasteiger charge is 2.26. The van der Waals surface area contributed by atoms with Crippen LogP contribution in [0.4, 0.5) is 0 Å². The zero-order chi connectivity index (χ0) is 38.2. The summed E-state index contributed by atoms with van der Waals surface area (Å²) in [6.07, 6.45) is 49.9. The highest BCUT2D eigenvalue weighted by Crippen LogP contribution is 2.17. The molecule has 0 spiro atoms. The normalized spacial score (nSPS) is 13.4. The van der Waals surface area contributed by atoms with Crippen LogP contribution in [0.2, 0.25) is 0 Å². The largest absolute Gasteiger partial charge is 0.391 e. The molecule has 0 aliphatic heterocycles. The molecule has 52 heavy (non-hydrogen) atoms. The van der Waals surface area contributed by atoms with Crippen molar-refractivity contribution in [3.8, 4) is 0 Å². The van der Waals surface area contributed by atoms with Crippen molar-refractivity contribution in [2.24, 2.45) is 0 Å². The van der Waals surface area contributed by atoms with Crippen molar-refractivity contribution in [1.82, 2.24) is 5.32 Å². The minimum absolute atomic E-state index is 0.257. The maximum atomic E-state index is 12.5. The van der Waals surface area contributed by atoms with Gasteiger partial charge in [0.05, 0.1) is 17.9 Å². The number of allylic oxidation sites excluding steroid dienone is 4. The summed E-state index contributed by atoms with van der Waals surface area (Å²) in [5.74, 6) is -0.908. The molecule has 1 amide bonds. The third-order valence-corrected chi connectivity index (χ3v) is 11.2. The van der Waals surface area contributed by atoms with Crippen molar-refractivity contribution in [3.63, 3.8) is 0 Å². The molecule has 0 aromatic rings. The summed E-state index contributed by atoms with van der Waals surface area (Å²) in [5, 5.41) is 13.4. The molecule has 6 nitrogen and oxygen atoms in total. The molecule has 7 heteroatoms. The van der Waals surface area contributed by atoms with Gasteiger partial charge in [0.15, 0.2) is 0 Å². The van der Waals surface area contributed by atoms with Crippen LogP contribution in [0.15, 0.2) is 24.3 Å². The van der Waals surface area contributed by atoms with Crippen molar-refractivity contribution < 1.29 is 22.9 Å². The molecule has 0 fully saturated rings. The molecule has 2 atom stereocenters. The molecule has 0 bridgehead atoms. The summed E-state index contributed by atoms with van der Waals surface area (Å²) in [5.41, 5.74) is 0. The van der Waals surface area contributed by atoms with Gasteiger partial charge in [-0.05, 0) is 44.9 Å². The van der Waals surface area contributed by atoms with E-state index in [4.69, 9.17) is 0 Å². The van der Waals surface area contributed by atoms with E-state index >= 15 is 0 Å².